The third kappa shape index (κ3) is 7.84. The second-order valence-corrected chi connectivity index (χ2v) is 12.5. The summed E-state index contributed by atoms with van der Waals surface area (Å²) in [6.07, 6.45) is 9.92. The molecule has 0 saturated heterocycles. The van der Waals surface area contributed by atoms with Gasteiger partial charge in [0, 0.05) is 40.6 Å². The molecule has 1 aliphatic carbocycles. The number of ether oxygens (including phenoxy) is 1. The lowest BCUT2D eigenvalue weighted by molar-refractivity contribution is -0.140. The minimum Gasteiger partial charge on any atom is -0.457 e. The molecule has 0 spiro atoms. The molecule has 0 N–H and O–H groups in total. The maximum Gasteiger partial charge on any atom is 0.333 e. The van der Waals surface area contributed by atoms with Gasteiger partial charge in [-0.2, -0.15) is 0 Å². The Kier molecular flexibility index (Phi) is 10.0. The first-order valence-electron chi connectivity index (χ1n) is 16.5. The van der Waals surface area contributed by atoms with Crippen molar-refractivity contribution >= 4 is 34.4 Å². The van der Waals surface area contributed by atoms with Crippen LogP contribution in [0.3, 0.4) is 0 Å². The highest BCUT2D eigenvalue weighted by Gasteiger charge is 2.17. The maximum atomic E-state index is 11.9. The van der Waals surface area contributed by atoms with Crippen molar-refractivity contribution in [1.82, 2.24) is 0 Å². The normalized spacial score (nSPS) is 13.6. The van der Waals surface area contributed by atoms with E-state index in [-0.39, 0.29) is 12.6 Å². The highest BCUT2D eigenvalue weighted by Crippen LogP contribution is 2.37. The van der Waals surface area contributed by atoms with Crippen LogP contribution >= 0.6 is 0 Å². The Labute approximate surface area is 284 Å². The van der Waals surface area contributed by atoms with Gasteiger partial charge in [0.2, 0.25) is 0 Å². The lowest BCUT2D eigenvalue weighted by Crippen LogP contribution is -2.24. The molecular weight excluding hydrogens is 588 g/mol. The average molecular weight is 631 g/mol. The molecule has 0 radical (unpaired) electrons. The summed E-state index contributed by atoms with van der Waals surface area (Å²) in [5, 5.41) is 0. The molecule has 1 unspecified atom stereocenters. The van der Waals surface area contributed by atoms with Crippen LogP contribution in [0.4, 0.5) is 28.4 Å². The molecule has 6 rings (SSSR count). The Morgan fingerprint density at radius 2 is 1.12 bits per heavy atom. The first-order valence-corrected chi connectivity index (χ1v) is 16.5. The van der Waals surface area contributed by atoms with E-state index in [0.717, 1.165) is 41.2 Å². The van der Waals surface area contributed by atoms with Crippen molar-refractivity contribution in [2.75, 3.05) is 16.3 Å². The molecule has 0 aromatic heterocycles. The van der Waals surface area contributed by atoms with E-state index in [0.29, 0.717) is 11.5 Å². The zero-order chi connectivity index (χ0) is 33.5. The Balaban J connectivity index is 1.24. The van der Waals surface area contributed by atoms with Crippen molar-refractivity contribution in [1.29, 1.82) is 0 Å². The Hall–Kier alpha value is -5.61. The molecule has 4 nitrogen and oxygen atoms in total. The largest absolute Gasteiger partial charge is 0.457 e. The number of benzene rings is 5. The van der Waals surface area contributed by atoms with Crippen molar-refractivity contribution in [2.45, 2.75) is 33.8 Å². The first-order chi connectivity index (χ1) is 23.3. The fourth-order valence-corrected chi connectivity index (χ4v) is 5.88. The van der Waals surface area contributed by atoms with Crippen molar-refractivity contribution in [3.05, 3.63) is 174 Å². The van der Waals surface area contributed by atoms with Gasteiger partial charge in [-0.15, -0.1) is 0 Å². The van der Waals surface area contributed by atoms with Gasteiger partial charge in [-0.3, -0.25) is 0 Å². The number of rotatable bonds is 11. The number of anilines is 5. The van der Waals surface area contributed by atoms with Gasteiger partial charge in [0.05, 0.1) is 0 Å². The number of aryl methyl sites for hydroxylation is 2. The summed E-state index contributed by atoms with van der Waals surface area (Å²) in [4.78, 5) is 16.5. The molecule has 0 aliphatic heterocycles. The van der Waals surface area contributed by atoms with E-state index in [1.807, 2.05) is 12.1 Å². The molecule has 240 valence electrons. The van der Waals surface area contributed by atoms with E-state index in [9.17, 15) is 4.79 Å². The van der Waals surface area contributed by atoms with E-state index in [1.54, 1.807) is 6.92 Å². The quantitative estimate of drug-likeness (QED) is 0.107. The number of carbonyl (C=O) groups excluding carboxylic acids is 1. The molecular formula is C44H42N2O2. The van der Waals surface area contributed by atoms with E-state index in [4.69, 9.17) is 4.74 Å². The summed E-state index contributed by atoms with van der Waals surface area (Å²) in [6.45, 7) is 10.7. The summed E-state index contributed by atoms with van der Waals surface area (Å²) in [7, 11) is 0. The standard InChI is InChI=1S/C44H42N2O2/c1-32(2)44(47)48-31-36-14-24-42(25-15-36)46(41-22-12-34(4)13-23-41)43-28-18-38(19-29-43)37-16-26-40(27-17-37)45(30-35-8-6-5-7-9-35)39-20-10-33(3)11-21-39/h5-8,10-29,35H,1,9,30-31H2,2-4H3. The van der Waals surface area contributed by atoms with Crippen LogP contribution in [0.15, 0.2) is 158 Å². The lowest BCUT2D eigenvalue weighted by Gasteiger charge is -2.29. The third-order valence-corrected chi connectivity index (χ3v) is 8.67. The highest BCUT2D eigenvalue weighted by atomic mass is 16.5. The summed E-state index contributed by atoms with van der Waals surface area (Å²) in [5.74, 6) is 0.0866. The van der Waals surface area contributed by atoms with Gasteiger partial charge >= 0.3 is 5.97 Å². The Bertz CT molecular complexity index is 1900. The summed E-state index contributed by atoms with van der Waals surface area (Å²) >= 11 is 0. The van der Waals surface area contributed by atoms with Crippen LogP contribution in [0.1, 0.15) is 30.0 Å². The monoisotopic (exact) mass is 630 g/mol. The Morgan fingerprint density at radius 3 is 1.60 bits per heavy atom. The van der Waals surface area contributed by atoms with Gasteiger partial charge in [-0.25, -0.2) is 4.79 Å². The highest BCUT2D eigenvalue weighted by molar-refractivity contribution is 5.87. The summed E-state index contributed by atoms with van der Waals surface area (Å²) in [6, 6.07) is 43.1. The second kappa shape index (κ2) is 14.9. The second-order valence-electron chi connectivity index (χ2n) is 12.5. The van der Waals surface area contributed by atoms with Crippen molar-refractivity contribution in [3.63, 3.8) is 0 Å². The number of allylic oxidation sites excluding steroid dienone is 3. The molecule has 0 saturated carbocycles. The molecule has 0 bridgehead atoms. The fourth-order valence-electron chi connectivity index (χ4n) is 5.88. The van der Waals surface area contributed by atoms with Gasteiger partial charge in [0.1, 0.15) is 6.61 Å². The number of esters is 1. The molecule has 0 amide bonds. The van der Waals surface area contributed by atoms with Crippen LogP contribution in [-0.4, -0.2) is 12.5 Å². The van der Waals surface area contributed by atoms with Crippen LogP contribution in [0.25, 0.3) is 11.1 Å². The van der Waals surface area contributed by atoms with Crippen LogP contribution in [0.5, 0.6) is 0 Å². The van der Waals surface area contributed by atoms with Gasteiger partial charge in [-0.05, 0) is 110 Å². The molecule has 1 aliphatic rings. The minimum atomic E-state index is -0.381. The van der Waals surface area contributed by atoms with E-state index in [1.165, 1.54) is 28.1 Å². The molecule has 0 heterocycles. The predicted octanol–water partition coefficient (Wildman–Crippen LogP) is 11.3. The maximum absolute atomic E-state index is 11.9. The summed E-state index contributed by atoms with van der Waals surface area (Å²) < 4.78 is 5.35. The van der Waals surface area contributed by atoms with Crippen molar-refractivity contribution in [2.24, 2.45) is 5.92 Å². The van der Waals surface area contributed by atoms with Gasteiger partial charge < -0.3 is 14.5 Å². The number of nitrogens with zero attached hydrogens (tertiary/aromatic N) is 2. The summed E-state index contributed by atoms with van der Waals surface area (Å²) in [5.41, 5.74) is 11.7. The topological polar surface area (TPSA) is 32.8 Å². The Morgan fingerprint density at radius 1 is 0.667 bits per heavy atom. The zero-order valence-corrected chi connectivity index (χ0v) is 28.0. The van der Waals surface area contributed by atoms with Gasteiger partial charge in [0.15, 0.2) is 0 Å². The molecule has 4 heteroatoms. The SMILES string of the molecule is C=C(C)C(=O)OCc1ccc(N(c2ccc(C)cc2)c2ccc(-c3ccc(N(CC4C=CC=CC4)c4ccc(C)cc4)cc3)cc2)cc1. The average Bonchev–Trinajstić information content (AvgIpc) is 3.12. The first kappa shape index (κ1) is 32.3. The molecule has 0 fully saturated rings. The minimum absolute atomic E-state index is 0.210. The number of hydrogen-bond donors (Lipinski definition) is 0. The van der Waals surface area contributed by atoms with Crippen LogP contribution in [0, 0.1) is 19.8 Å². The smallest absolute Gasteiger partial charge is 0.333 e. The molecule has 5 aromatic carbocycles. The third-order valence-electron chi connectivity index (χ3n) is 8.67. The van der Waals surface area contributed by atoms with E-state index < -0.39 is 0 Å². The zero-order valence-electron chi connectivity index (χ0n) is 28.0. The molecule has 48 heavy (non-hydrogen) atoms. The van der Waals surface area contributed by atoms with Crippen molar-refractivity contribution < 1.29 is 9.53 Å². The van der Waals surface area contributed by atoms with Gasteiger partial charge in [-0.1, -0.05) is 103 Å². The van der Waals surface area contributed by atoms with Crippen LogP contribution in [-0.2, 0) is 16.1 Å². The lowest BCUT2D eigenvalue weighted by atomic mass is 9.99. The molecule has 1 atom stereocenters. The predicted molar refractivity (Wildman–Crippen MR) is 200 cm³/mol. The fraction of sp³-hybridized carbons (Fsp3) is 0.159. The van der Waals surface area contributed by atoms with Crippen molar-refractivity contribution in [3.8, 4) is 11.1 Å². The van der Waals surface area contributed by atoms with E-state index in [2.05, 4.69) is 164 Å². The van der Waals surface area contributed by atoms with Gasteiger partial charge in [0.25, 0.3) is 0 Å². The molecule has 5 aromatic rings. The van der Waals surface area contributed by atoms with Crippen LogP contribution < -0.4 is 9.80 Å². The van der Waals surface area contributed by atoms with Crippen LogP contribution in [0.2, 0.25) is 0 Å². The number of hydrogen-bond acceptors (Lipinski definition) is 4. The number of carbonyl (C=O) groups is 1. The van der Waals surface area contributed by atoms with E-state index >= 15 is 0 Å².